The van der Waals surface area contributed by atoms with Gasteiger partial charge in [-0.05, 0) is 24.1 Å². The molecule has 0 fully saturated rings. The third-order valence-corrected chi connectivity index (χ3v) is 6.94. The van der Waals surface area contributed by atoms with Gasteiger partial charge in [-0.3, -0.25) is 9.59 Å². The molecule has 0 aromatic heterocycles. The fraction of sp³-hybridized carbons (Fsp3) is 0.333. The highest BCUT2D eigenvalue weighted by atomic mass is 32.2. The summed E-state index contributed by atoms with van der Waals surface area (Å²) in [5, 5.41) is 2.47. The molecule has 2 aromatic rings. The summed E-state index contributed by atoms with van der Waals surface area (Å²) >= 11 is 1.45. The van der Waals surface area contributed by atoms with Gasteiger partial charge in [0, 0.05) is 36.5 Å². The molecule has 2 aromatic carbocycles. The van der Waals surface area contributed by atoms with Gasteiger partial charge >= 0.3 is 0 Å². The van der Waals surface area contributed by atoms with Crippen molar-refractivity contribution in [2.75, 3.05) is 39.7 Å². The van der Waals surface area contributed by atoms with Crippen LogP contribution < -0.4 is 19.5 Å². The lowest BCUT2D eigenvalue weighted by Crippen LogP contribution is -2.39. The second-order valence-electron chi connectivity index (χ2n) is 7.52. The van der Waals surface area contributed by atoms with E-state index in [1.807, 2.05) is 42.5 Å². The molecule has 2 amide bonds. The molecule has 0 saturated carbocycles. The van der Waals surface area contributed by atoms with Crippen LogP contribution in [0.2, 0.25) is 0 Å². The van der Waals surface area contributed by atoms with Crippen LogP contribution in [-0.2, 0) is 9.59 Å². The van der Waals surface area contributed by atoms with Crippen LogP contribution in [-0.4, -0.2) is 56.4 Å². The number of hydrogen-bond acceptors (Lipinski definition) is 6. The highest BCUT2D eigenvalue weighted by Crippen LogP contribution is 2.41. The van der Waals surface area contributed by atoms with Gasteiger partial charge in [0.1, 0.15) is 17.2 Å². The van der Waals surface area contributed by atoms with Gasteiger partial charge in [-0.25, -0.2) is 0 Å². The smallest absolute Gasteiger partial charge is 0.238 e. The first-order chi connectivity index (χ1) is 15.5. The summed E-state index contributed by atoms with van der Waals surface area (Å²) in [6.07, 6.45) is 2.86. The molecule has 1 atom stereocenters. The summed E-state index contributed by atoms with van der Waals surface area (Å²) in [4.78, 5) is 28.2. The molecule has 1 N–H and O–H groups in total. The van der Waals surface area contributed by atoms with Crippen LogP contribution in [0.15, 0.2) is 47.4 Å². The molecule has 0 radical (unpaired) electrons. The van der Waals surface area contributed by atoms with Crippen LogP contribution in [0, 0.1) is 0 Å². The third-order valence-electron chi connectivity index (χ3n) is 5.66. The Morgan fingerprint density at radius 1 is 1.12 bits per heavy atom. The molecule has 0 spiro atoms. The minimum atomic E-state index is -0.426. The number of para-hydroxylation sites is 1. The van der Waals surface area contributed by atoms with Crippen molar-refractivity contribution in [2.45, 2.75) is 23.0 Å². The van der Waals surface area contributed by atoms with Crippen molar-refractivity contribution in [3.63, 3.8) is 0 Å². The number of fused-ring (bicyclic) bond motifs is 1. The molecule has 2 aliphatic heterocycles. The predicted molar refractivity (Wildman–Crippen MR) is 125 cm³/mol. The molecular formula is C24H26N2O5S. The predicted octanol–water partition coefficient (Wildman–Crippen LogP) is 3.83. The van der Waals surface area contributed by atoms with E-state index in [1.165, 1.54) is 11.8 Å². The van der Waals surface area contributed by atoms with Crippen LogP contribution in [0.1, 0.15) is 18.4 Å². The fourth-order valence-electron chi connectivity index (χ4n) is 3.96. The number of hydrogen-bond donors (Lipinski definition) is 1. The van der Waals surface area contributed by atoms with Crippen molar-refractivity contribution in [1.29, 1.82) is 0 Å². The second kappa shape index (κ2) is 9.56. The molecule has 0 bridgehead atoms. The van der Waals surface area contributed by atoms with Gasteiger partial charge in [0.15, 0.2) is 0 Å². The Hall–Kier alpha value is -3.13. The second-order valence-corrected chi connectivity index (χ2v) is 8.77. The number of methoxy groups -OCH3 is 3. The zero-order valence-corrected chi connectivity index (χ0v) is 19.2. The Bertz CT molecular complexity index is 1040. The molecule has 168 valence electrons. The van der Waals surface area contributed by atoms with Gasteiger partial charge in [0.2, 0.25) is 11.8 Å². The maximum absolute atomic E-state index is 12.9. The van der Waals surface area contributed by atoms with E-state index in [9.17, 15) is 9.59 Å². The minimum Gasteiger partial charge on any atom is -0.496 e. The Morgan fingerprint density at radius 2 is 1.84 bits per heavy atom. The zero-order valence-electron chi connectivity index (χ0n) is 18.3. The van der Waals surface area contributed by atoms with Gasteiger partial charge in [-0.2, -0.15) is 0 Å². The van der Waals surface area contributed by atoms with Crippen LogP contribution >= 0.6 is 11.8 Å². The maximum atomic E-state index is 12.9. The first-order valence-electron chi connectivity index (χ1n) is 10.4. The van der Waals surface area contributed by atoms with Crippen LogP contribution in [0.3, 0.4) is 0 Å². The molecule has 0 aliphatic carbocycles. The van der Waals surface area contributed by atoms with E-state index in [2.05, 4.69) is 5.32 Å². The first-order valence-corrected chi connectivity index (χ1v) is 11.3. The van der Waals surface area contributed by atoms with Crippen molar-refractivity contribution < 1.29 is 23.8 Å². The van der Waals surface area contributed by atoms with E-state index in [0.29, 0.717) is 36.8 Å². The van der Waals surface area contributed by atoms with Crippen molar-refractivity contribution >= 4 is 34.8 Å². The number of amides is 2. The summed E-state index contributed by atoms with van der Waals surface area (Å²) in [6, 6.07) is 11.3. The van der Waals surface area contributed by atoms with Crippen LogP contribution in [0.5, 0.6) is 17.2 Å². The lowest BCUT2D eigenvalue weighted by atomic mass is 9.97. The first kappa shape index (κ1) is 22.1. The Morgan fingerprint density at radius 3 is 2.47 bits per heavy atom. The van der Waals surface area contributed by atoms with Crippen LogP contribution in [0.25, 0.3) is 5.57 Å². The Kier molecular flexibility index (Phi) is 6.60. The molecule has 2 heterocycles. The van der Waals surface area contributed by atoms with Crippen molar-refractivity contribution in [3.8, 4) is 17.2 Å². The fourth-order valence-corrected chi connectivity index (χ4v) is 5.06. The highest BCUT2D eigenvalue weighted by Gasteiger charge is 2.31. The summed E-state index contributed by atoms with van der Waals surface area (Å²) < 4.78 is 16.5. The molecular weight excluding hydrogens is 428 g/mol. The van der Waals surface area contributed by atoms with Gasteiger partial charge < -0.3 is 24.4 Å². The van der Waals surface area contributed by atoms with E-state index in [1.54, 1.807) is 26.2 Å². The monoisotopic (exact) mass is 454 g/mol. The topological polar surface area (TPSA) is 77.1 Å². The number of nitrogens with zero attached hydrogens (tertiary/aromatic N) is 1. The number of rotatable bonds is 6. The number of nitrogens with one attached hydrogen (secondary N) is 1. The van der Waals surface area contributed by atoms with Crippen molar-refractivity contribution in [3.05, 3.63) is 48.0 Å². The van der Waals surface area contributed by atoms with E-state index >= 15 is 0 Å². The lowest BCUT2D eigenvalue weighted by molar-refractivity contribution is -0.132. The maximum Gasteiger partial charge on any atom is 0.238 e. The largest absolute Gasteiger partial charge is 0.496 e. The third kappa shape index (κ3) is 4.41. The average molecular weight is 455 g/mol. The van der Waals surface area contributed by atoms with E-state index in [4.69, 9.17) is 14.2 Å². The van der Waals surface area contributed by atoms with Gasteiger partial charge in [0.25, 0.3) is 0 Å². The SMILES string of the molecule is COc1cc(OC)c(C2=CCN(C(=O)CC3Sc4ccccc4NC3=O)CC2)c(OC)c1. The average Bonchev–Trinajstić information content (AvgIpc) is 2.83. The number of ether oxygens (including phenoxy) is 3. The van der Waals surface area contributed by atoms with E-state index in [0.717, 1.165) is 21.7 Å². The minimum absolute atomic E-state index is 0.0269. The molecule has 0 saturated heterocycles. The summed E-state index contributed by atoms with van der Waals surface area (Å²) in [6.45, 7) is 1.04. The summed E-state index contributed by atoms with van der Waals surface area (Å²) in [5.74, 6) is 1.84. The van der Waals surface area contributed by atoms with E-state index in [-0.39, 0.29) is 18.2 Å². The zero-order chi connectivity index (χ0) is 22.7. The molecule has 2 aliphatic rings. The lowest BCUT2D eigenvalue weighted by Gasteiger charge is -2.30. The molecule has 8 heteroatoms. The number of thioether (sulfide) groups is 1. The molecule has 4 rings (SSSR count). The number of carbonyl (C=O) groups is 2. The number of carbonyl (C=O) groups excluding carboxylic acids is 2. The quantitative estimate of drug-likeness (QED) is 0.715. The number of benzene rings is 2. The molecule has 1 unspecified atom stereocenters. The Balaban J connectivity index is 1.46. The Labute approximate surface area is 191 Å². The normalized spacial score (nSPS) is 17.7. The standard InChI is InChI=1S/C24H26N2O5S/c1-29-16-12-18(30-2)23(19(13-16)31-3)15-8-10-26(11-9-15)22(27)14-21-24(28)25-17-6-4-5-7-20(17)32-21/h4-8,12-13,21H,9-11,14H2,1-3H3,(H,25,28). The highest BCUT2D eigenvalue weighted by molar-refractivity contribution is 8.01. The summed E-state index contributed by atoms with van der Waals surface area (Å²) in [5.41, 5.74) is 2.74. The van der Waals surface area contributed by atoms with Crippen molar-refractivity contribution in [2.24, 2.45) is 0 Å². The van der Waals surface area contributed by atoms with Gasteiger partial charge in [0.05, 0.1) is 37.8 Å². The van der Waals surface area contributed by atoms with Gasteiger partial charge in [-0.1, -0.05) is 18.2 Å². The van der Waals surface area contributed by atoms with Gasteiger partial charge in [-0.15, -0.1) is 11.8 Å². The molecule has 32 heavy (non-hydrogen) atoms. The molecule has 7 nitrogen and oxygen atoms in total. The number of anilines is 1. The van der Waals surface area contributed by atoms with E-state index < -0.39 is 5.25 Å². The van der Waals surface area contributed by atoms with Crippen molar-refractivity contribution in [1.82, 2.24) is 4.90 Å². The summed E-state index contributed by atoms with van der Waals surface area (Å²) in [7, 11) is 4.82. The van der Waals surface area contributed by atoms with Crippen LogP contribution in [0.4, 0.5) is 5.69 Å².